The minimum atomic E-state index is -0.737. The van der Waals surface area contributed by atoms with Crippen LogP contribution < -0.4 is 5.56 Å². The molecule has 4 rings (SSSR count). The first-order valence-corrected chi connectivity index (χ1v) is 17.7. The van der Waals surface area contributed by atoms with Gasteiger partial charge in [0, 0.05) is 64.3 Å². The minimum Gasteiger partial charge on any atom is -0.444 e. The average Bonchev–Trinajstić information content (AvgIpc) is 3.22. The van der Waals surface area contributed by atoms with Crippen molar-refractivity contribution in [2.45, 2.75) is 84.8 Å². The summed E-state index contributed by atoms with van der Waals surface area (Å²) >= 11 is 0. The van der Waals surface area contributed by atoms with Gasteiger partial charge in [-0.2, -0.15) is 0 Å². The van der Waals surface area contributed by atoms with Gasteiger partial charge in [0.2, 0.25) is 0 Å². The lowest BCUT2D eigenvalue weighted by Crippen LogP contribution is -2.41. The van der Waals surface area contributed by atoms with Gasteiger partial charge in [0.15, 0.2) is 0 Å². The first-order valence-electron chi connectivity index (χ1n) is 14.5. The van der Waals surface area contributed by atoms with Gasteiger partial charge in [0.1, 0.15) is 23.7 Å². The Bertz CT molecular complexity index is 1470. The van der Waals surface area contributed by atoms with Gasteiger partial charge in [-0.3, -0.25) is 4.79 Å². The van der Waals surface area contributed by atoms with E-state index in [0.29, 0.717) is 32.0 Å². The zero-order chi connectivity index (χ0) is 30.1. The number of carbonyl (C=O) groups is 1. The number of carbonyl (C=O) groups excluding carboxylic acids is 1. The molecular formula is C31H45N5O4Si. The molecule has 0 radical (unpaired) electrons. The second-order valence-electron chi connectivity index (χ2n) is 12.7. The molecule has 0 spiro atoms. The summed E-state index contributed by atoms with van der Waals surface area (Å²) in [6.07, 6.45) is 5.02. The number of nitrogens with zero attached hydrogens (tertiary/aromatic N) is 5. The van der Waals surface area contributed by atoms with Crippen molar-refractivity contribution in [1.82, 2.24) is 24.0 Å². The van der Waals surface area contributed by atoms with E-state index >= 15 is 0 Å². The van der Waals surface area contributed by atoms with E-state index in [1.165, 1.54) is 0 Å². The Labute approximate surface area is 244 Å². The Morgan fingerprint density at radius 1 is 1.22 bits per heavy atom. The van der Waals surface area contributed by atoms with Crippen LogP contribution in [0.2, 0.25) is 19.1 Å². The van der Waals surface area contributed by atoms with Gasteiger partial charge < -0.3 is 23.5 Å². The zero-order valence-electron chi connectivity index (χ0n) is 25.9. The number of likely N-dealkylation sites (tertiary alicyclic amines) is 1. The van der Waals surface area contributed by atoms with Crippen LogP contribution in [0.1, 0.15) is 63.4 Å². The molecule has 222 valence electrons. The van der Waals surface area contributed by atoms with Gasteiger partial charge in [-0.25, -0.2) is 14.8 Å². The molecule has 0 aliphatic carbocycles. The van der Waals surface area contributed by atoms with Crippen LogP contribution in [-0.4, -0.2) is 64.2 Å². The predicted octanol–water partition coefficient (Wildman–Crippen LogP) is 5.71. The topological polar surface area (TPSA) is 91.5 Å². The maximum atomic E-state index is 12.6. The number of hydrogen-bond acceptors (Lipinski definition) is 6. The Hall–Kier alpha value is -3.24. The van der Waals surface area contributed by atoms with E-state index in [1.807, 2.05) is 53.1 Å². The summed E-state index contributed by atoms with van der Waals surface area (Å²) in [5, 5.41) is 0. The summed E-state index contributed by atoms with van der Waals surface area (Å²) in [5.74, 6) is 0.908. The zero-order valence-corrected chi connectivity index (χ0v) is 27.1. The molecule has 10 heteroatoms. The number of aryl methyl sites for hydroxylation is 2. The molecular weight excluding hydrogens is 534 g/mol. The smallest absolute Gasteiger partial charge is 0.410 e. The van der Waals surface area contributed by atoms with Crippen LogP contribution in [0.25, 0.3) is 27.9 Å². The molecule has 1 fully saturated rings. The molecule has 1 amide bonds. The summed E-state index contributed by atoms with van der Waals surface area (Å²) in [7, 11) is 1.04. The van der Waals surface area contributed by atoms with Gasteiger partial charge in [-0.1, -0.05) is 19.7 Å². The molecule has 41 heavy (non-hydrogen) atoms. The van der Waals surface area contributed by atoms with Crippen LogP contribution in [0.5, 0.6) is 0 Å². The lowest BCUT2D eigenvalue weighted by molar-refractivity contribution is 0.0203. The number of allylic oxidation sites excluding steroid dienone is 1. The number of aromatic nitrogens is 4. The van der Waals surface area contributed by atoms with Gasteiger partial charge in [0.25, 0.3) is 5.56 Å². The van der Waals surface area contributed by atoms with Crippen molar-refractivity contribution in [3.63, 3.8) is 0 Å². The van der Waals surface area contributed by atoms with Gasteiger partial charge in [-0.05, 0) is 65.1 Å². The minimum absolute atomic E-state index is 0.0220. The average molecular weight is 580 g/mol. The van der Waals surface area contributed by atoms with Crippen molar-refractivity contribution in [2.75, 3.05) is 19.7 Å². The molecule has 1 saturated heterocycles. The highest BCUT2D eigenvalue weighted by molar-refractivity contribution is 6.55. The van der Waals surface area contributed by atoms with E-state index < -0.39 is 14.4 Å². The second-order valence-corrected chi connectivity index (χ2v) is 16.0. The number of fused-ring (bicyclic) bond motifs is 1. The van der Waals surface area contributed by atoms with Crippen LogP contribution >= 0.6 is 0 Å². The molecule has 0 N–H and O–H groups in total. The Kier molecular flexibility index (Phi) is 9.23. The fourth-order valence-corrected chi connectivity index (χ4v) is 5.94. The fraction of sp³-hybridized carbons (Fsp3) is 0.548. The molecule has 1 aliphatic heterocycles. The normalized spacial score (nSPS) is 14.7. The van der Waals surface area contributed by atoms with Crippen LogP contribution in [0.15, 0.2) is 29.8 Å². The standard InChI is InChI=1S/C31H45N5O4Si/c1-20(2)25-26-24(17-32-28(33-26)22-10-12-35(13-11-22)30(38)40-31(4,5)6)36(19-39-14-15-41(8)9)27(25)23-16-21(3)29(37)34(7)18-23/h16-18,22,41H,1,10-15,19H2,2-9H3. The van der Waals surface area contributed by atoms with Crippen molar-refractivity contribution in [1.29, 1.82) is 0 Å². The summed E-state index contributed by atoms with van der Waals surface area (Å²) in [5.41, 5.74) is 5.51. The summed E-state index contributed by atoms with van der Waals surface area (Å²) in [4.78, 5) is 36.8. The molecule has 0 saturated carbocycles. The van der Waals surface area contributed by atoms with E-state index in [1.54, 1.807) is 16.5 Å². The fourth-order valence-electron chi connectivity index (χ4n) is 5.30. The molecule has 3 aromatic heterocycles. The third-order valence-corrected chi connectivity index (χ3v) is 8.85. The van der Waals surface area contributed by atoms with E-state index in [9.17, 15) is 9.59 Å². The van der Waals surface area contributed by atoms with Gasteiger partial charge in [0.05, 0.1) is 17.4 Å². The predicted molar refractivity (Wildman–Crippen MR) is 167 cm³/mol. The maximum Gasteiger partial charge on any atom is 0.410 e. The second kappa shape index (κ2) is 12.3. The molecule has 4 heterocycles. The quantitative estimate of drug-likeness (QED) is 0.251. The highest BCUT2D eigenvalue weighted by Crippen LogP contribution is 2.38. The summed E-state index contributed by atoms with van der Waals surface area (Å²) in [6.45, 7) is 20.7. The van der Waals surface area contributed by atoms with Crippen molar-refractivity contribution >= 4 is 31.5 Å². The molecule has 1 aliphatic rings. The molecule has 0 unspecified atom stereocenters. The molecule has 0 aromatic carbocycles. The SMILES string of the molecule is C=C(C)c1c(-c2cc(C)c(=O)n(C)c2)n(COCC[SiH](C)C)c2cnc(C3CCN(C(=O)OC(C)(C)C)CC3)nc12. The lowest BCUT2D eigenvalue weighted by atomic mass is 9.96. The van der Waals surface area contributed by atoms with E-state index in [0.717, 1.165) is 58.1 Å². The van der Waals surface area contributed by atoms with E-state index in [4.69, 9.17) is 19.4 Å². The monoisotopic (exact) mass is 579 g/mol. The van der Waals surface area contributed by atoms with Crippen molar-refractivity contribution in [3.8, 4) is 11.3 Å². The number of hydrogen-bond donors (Lipinski definition) is 0. The maximum absolute atomic E-state index is 12.6. The van der Waals surface area contributed by atoms with Crippen LogP contribution in [0, 0.1) is 6.92 Å². The molecule has 9 nitrogen and oxygen atoms in total. The third kappa shape index (κ3) is 6.98. The van der Waals surface area contributed by atoms with Crippen LogP contribution in [-0.2, 0) is 23.3 Å². The Balaban J connectivity index is 1.74. The van der Waals surface area contributed by atoms with Crippen molar-refractivity contribution in [2.24, 2.45) is 7.05 Å². The number of pyridine rings is 1. The van der Waals surface area contributed by atoms with Gasteiger partial charge >= 0.3 is 6.09 Å². The Morgan fingerprint density at radius 3 is 2.49 bits per heavy atom. The van der Waals surface area contributed by atoms with Crippen molar-refractivity contribution in [3.05, 3.63) is 52.3 Å². The van der Waals surface area contributed by atoms with Crippen LogP contribution in [0.3, 0.4) is 0 Å². The van der Waals surface area contributed by atoms with E-state index in [2.05, 4.69) is 24.2 Å². The number of amides is 1. The number of ether oxygens (including phenoxy) is 2. The summed E-state index contributed by atoms with van der Waals surface area (Å²) in [6, 6.07) is 3.03. The summed E-state index contributed by atoms with van der Waals surface area (Å²) < 4.78 is 15.5. The molecule has 3 aromatic rings. The van der Waals surface area contributed by atoms with Gasteiger partial charge in [-0.15, -0.1) is 0 Å². The largest absolute Gasteiger partial charge is 0.444 e. The number of rotatable bonds is 8. The van der Waals surface area contributed by atoms with E-state index in [-0.39, 0.29) is 17.6 Å². The third-order valence-electron chi connectivity index (χ3n) is 7.46. The molecule has 0 atom stereocenters. The Morgan fingerprint density at radius 2 is 1.90 bits per heavy atom. The first kappa shape index (κ1) is 30.7. The lowest BCUT2D eigenvalue weighted by Gasteiger charge is -2.32. The first-order chi connectivity index (χ1) is 19.3. The van der Waals surface area contributed by atoms with Crippen molar-refractivity contribution < 1.29 is 14.3 Å². The van der Waals surface area contributed by atoms with Crippen LogP contribution in [0.4, 0.5) is 4.79 Å². The highest BCUT2D eigenvalue weighted by Gasteiger charge is 2.30. The number of piperidine rings is 1. The highest BCUT2D eigenvalue weighted by atomic mass is 28.3. The molecule has 0 bridgehead atoms.